The number of benzene rings is 2. The molecule has 0 amide bonds. The van der Waals surface area contributed by atoms with E-state index in [4.69, 9.17) is 28.4 Å². The van der Waals surface area contributed by atoms with Crippen LogP contribution in [0.25, 0.3) is 0 Å². The van der Waals surface area contributed by atoms with Crippen LogP contribution in [0, 0.1) is 5.92 Å². The van der Waals surface area contributed by atoms with Crippen molar-refractivity contribution in [2.45, 2.75) is 25.6 Å². The van der Waals surface area contributed by atoms with Crippen molar-refractivity contribution in [1.29, 1.82) is 0 Å². The molecule has 0 saturated carbocycles. The van der Waals surface area contributed by atoms with Crippen LogP contribution < -0.4 is 23.7 Å². The van der Waals surface area contributed by atoms with Gasteiger partial charge in [-0.1, -0.05) is 6.92 Å². The van der Waals surface area contributed by atoms with Crippen LogP contribution in [0.1, 0.15) is 30.9 Å². The maximum atomic E-state index is 6.26. The van der Waals surface area contributed by atoms with Gasteiger partial charge in [-0.15, -0.1) is 0 Å². The Morgan fingerprint density at radius 2 is 1.67 bits per heavy atom. The lowest BCUT2D eigenvalue weighted by atomic mass is 9.75. The van der Waals surface area contributed by atoms with E-state index in [2.05, 4.69) is 6.92 Å². The largest absolute Gasteiger partial charge is 0.497 e. The molecule has 4 rings (SSSR count). The summed E-state index contributed by atoms with van der Waals surface area (Å²) in [5.41, 5.74) is 2.02. The zero-order chi connectivity index (χ0) is 19.2. The molecule has 2 aliphatic rings. The van der Waals surface area contributed by atoms with Gasteiger partial charge in [0, 0.05) is 43.1 Å². The lowest BCUT2D eigenvalue weighted by Gasteiger charge is -2.44. The zero-order valence-corrected chi connectivity index (χ0v) is 16.2. The number of ether oxygens (including phenoxy) is 6. The van der Waals surface area contributed by atoms with Gasteiger partial charge in [-0.05, 0) is 24.3 Å². The molecule has 2 aromatic rings. The number of rotatable bonds is 4. The van der Waals surface area contributed by atoms with Crippen LogP contribution in [0.4, 0.5) is 0 Å². The van der Waals surface area contributed by atoms with Crippen LogP contribution in [-0.2, 0) is 4.74 Å². The molecule has 0 fully saturated rings. The molecule has 144 valence electrons. The van der Waals surface area contributed by atoms with Gasteiger partial charge in [0.25, 0.3) is 0 Å². The van der Waals surface area contributed by atoms with Crippen molar-refractivity contribution < 1.29 is 28.4 Å². The first-order chi connectivity index (χ1) is 13.0. The Kier molecular flexibility index (Phi) is 4.30. The van der Waals surface area contributed by atoms with E-state index in [9.17, 15) is 0 Å². The van der Waals surface area contributed by atoms with Gasteiger partial charge in [0.05, 0.1) is 14.2 Å². The molecular weight excluding hydrogens is 348 g/mol. The minimum atomic E-state index is -0.806. The highest BCUT2D eigenvalue weighted by Gasteiger charge is 2.47. The van der Waals surface area contributed by atoms with E-state index < -0.39 is 5.79 Å². The first-order valence-corrected chi connectivity index (χ1v) is 8.90. The van der Waals surface area contributed by atoms with E-state index >= 15 is 0 Å². The van der Waals surface area contributed by atoms with Crippen LogP contribution >= 0.6 is 0 Å². The van der Waals surface area contributed by atoms with Gasteiger partial charge in [-0.3, -0.25) is 0 Å². The minimum absolute atomic E-state index is 0.00335. The van der Waals surface area contributed by atoms with Crippen LogP contribution in [-0.4, -0.2) is 33.9 Å². The highest BCUT2D eigenvalue weighted by atomic mass is 16.7. The summed E-state index contributed by atoms with van der Waals surface area (Å²) in [6.45, 7) is 4.27. The van der Waals surface area contributed by atoms with E-state index in [0.29, 0.717) is 5.75 Å². The first kappa shape index (κ1) is 17.8. The fraction of sp³-hybridized carbons (Fsp3) is 0.429. The normalized spacial score (nSPS) is 25.5. The van der Waals surface area contributed by atoms with Crippen molar-refractivity contribution in [3.8, 4) is 28.7 Å². The predicted molar refractivity (Wildman–Crippen MR) is 99.2 cm³/mol. The molecule has 0 aromatic heterocycles. The zero-order valence-electron chi connectivity index (χ0n) is 16.2. The number of methoxy groups -OCH3 is 3. The monoisotopic (exact) mass is 372 g/mol. The number of hydrogen-bond acceptors (Lipinski definition) is 6. The lowest BCUT2D eigenvalue weighted by molar-refractivity contribution is -0.194. The van der Waals surface area contributed by atoms with E-state index in [0.717, 1.165) is 34.1 Å². The maximum Gasteiger partial charge on any atom is 0.231 e. The Morgan fingerprint density at radius 3 is 2.33 bits per heavy atom. The topological polar surface area (TPSA) is 55.4 Å². The van der Waals surface area contributed by atoms with Crippen LogP contribution in [0.15, 0.2) is 30.3 Å². The summed E-state index contributed by atoms with van der Waals surface area (Å²) in [7, 11) is 4.99. The van der Waals surface area contributed by atoms with E-state index in [1.807, 2.05) is 37.3 Å². The van der Waals surface area contributed by atoms with Gasteiger partial charge < -0.3 is 28.4 Å². The van der Waals surface area contributed by atoms with Gasteiger partial charge in [-0.25, -0.2) is 0 Å². The summed E-state index contributed by atoms with van der Waals surface area (Å²) in [5, 5.41) is 0. The predicted octanol–water partition coefficient (Wildman–Crippen LogP) is 3.96. The summed E-state index contributed by atoms with van der Waals surface area (Å²) in [6, 6.07) is 9.69. The average molecular weight is 372 g/mol. The fourth-order valence-electron chi connectivity index (χ4n) is 3.90. The van der Waals surface area contributed by atoms with Gasteiger partial charge in [0.15, 0.2) is 11.5 Å². The van der Waals surface area contributed by atoms with Gasteiger partial charge in [0.2, 0.25) is 12.6 Å². The summed E-state index contributed by atoms with van der Waals surface area (Å²) < 4.78 is 34.3. The third-order valence-electron chi connectivity index (χ3n) is 5.66. The fourth-order valence-corrected chi connectivity index (χ4v) is 3.90. The van der Waals surface area contributed by atoms with Crippen LogP contribution in [0.2, 0.25) is 0 Å². The minimum Gasteiger partial charge on any atom is -0.497 e. The summed E-state index contributed by atoms with van der Waals surface area (Å²) in [6.07, 6.45) is 0. The molecule has 0 saturated heterocycles. The molecule has 2 heterocycles. The summed E-state index contributed by atoms with van der Waals surface area (Å²) >= 11 is 0. The molecule has 2 aliphatic heterocycles. The Labute approximate surface area is 158 Å². The third kappa shape index (κ3) is 2.75. The van der Waals surface area contributed by atoms with Crippen molar-refractivity contribution in [2.75, 3.05) is 28.1 Å². The second kappa shape index (κ2) is 6.53. The molecule has 0 radical (unpaired) electrons. The Morgan fingerprint density at radius 1 is 0.926 bits per heavy atom. The standard InChI is InChI=1S/C21H24O6/c1-12-20(14-8-13(22-3)6-7-16(14)23-4)15-9-18-19(26-11-25-18)10-17(15)27-21(12,2)24-5/h6-10,12,20H,11H2,1-5H3/t12-,20+,21-/m0/s1. The highest BCUT2D eigenvalue weighted by molar-refractivity contribution is 5.58. The van der Waals surface area contributed by atoms with E-state index in [1.165, 1.54) is 0 Å². The smallest absolute Gasteiger partial charge is 0.231 e. The molecule has 0 N–H and O–H groups in total. The summed E-state index contributed by atoms with van der Waals surface area (Å²) in [4.78, 5) is 0. The SMILES string of the molecule is COc1ccc(OC)c([C@@H]2c3cc4c(cc3O[C@](C)(OC)[C@H]2C)OCO4)c1. The average Bonchev–Trinajstić information content (AvgIpc) is 3.14. The molecule has 0 aliphatic carbocycles. The Balaban J connectivity index is 1.94. The highest BCUT2D eigenvalue weighted by Crippen LogP contribution is 2.53. The molecule has 2 aromatic carbocycles. The molecule has 6 heteroatoms. The quantitative estimate of drug-likeness (QED) is 0.810. The molecule has 3 atom stereocenters. The number of hydrogen-bond donors (Lipinski definition) is 0. The lowest BCUT2D eigenvalue weighted by Crippen LogP contribution is -2.47. The molecule has 0 bridgehead atoms. The third-order valence-corrected chi connectivity index (χ3v) is 5.66. The van der Waals surface area contributed by atoms with E-state index in [-0.39, 0.29) is 18.6 Å². The van der Waals surface area contributed by atoms with Crippen molar-refractivity contribution >= 4 is 0 Å². The Hall–Kier alpha value is -2.60. The van der Waals surface area contributed by atoms with Gasteiger partial charge >= 0.3 is 0 Å². The Bertz CT molecular complexity index is 864. The first-order valence-electron chi connectivity index (χ1n) is 8.90. The second-order valence-corrected chi connectivity index (χ2v) is 6.94. The van der Waals surface area contributed by atoms with E-state index in [1.54, 1.807) is 21.3 Å². The van der Waals surface area contributed by atoms with Crippen LogP contribution in [0.3, 0.4) is 0 Å². The number of fused-ring (bicyclic) bond motifs is 2. The van der Waals surface area contributed by atoms with Crippen molar-refractivity contribution in [3.05, 3.63) is 41.5 Å². The van der Waals surface area contributed by atoms with Gasteiger partial charge in [-0.2, -0.15) is 0 Å². The molecule has 0 unspecified atom stereocenters. The molecule has 6 nitrogen and oxygen atoms in total. The van der Waals surface area contributed by atoms with Crippen molar-refractivity contribution in [3.63, 3.8) is 0 Å². The second-order valence-electron chi connectivity index (χ2n) is 6.94. The van der Waals surface area contributed by atoms with Crippen molar-refractivity contribution in [2.24, 2.45) is 5.92 Å². The maximum absolute atomic E-state index is 6.26. The van der Waals surface area contributed by atoms with Gasteiger partial charge in [0.1, 0.15) is 17.2 Å². The van der Waals surface area contributed by atoms with Crippen LogP contribution in [0.5, 0.6) is 28.7 Å². The molecular formula is C21H24O6. The molecule has 0 spiro atoms. The van der Waals surface area contributed by atoms with Crippen molar-refractivity contribution in [1.82, 2.24) is 0 Å². The summed E-state index contributed by atoms with van der Waals surface area (Å²) in [5.74, 6) is 2.82. The molecule has 27 heavy (non-hydrogen) atoms.